The fourth-order valence-corrected chi connectivity index (χ4v) is 10.0. The minimum atomic E-state index is -7.22. The van der Waals surface area contributed by atoms with E-state index < -0.39 is 144 Å². The summed E-state index contributed by atoms with van der Waals surface area (Å²) in [7, 11) is -0.255. The molecule has 0 saturated carbocycles. The fourth-order valence-electron chi connectivity index (χ4n) is 7.65. The van der Waals surface area contributed by atoms with Crippen LogP contribution in [0.25, 0.3) is 0 Å². The molecule has 7 rings (SSSR count). The van der Waals surface area contributed by atoms with E-state index in [0.29, 0.717) is 5.75 Å². The van der Waals surface area contributed by atoms with Gasteiger partial charge in [0.15, 0.2) is 85.4 Å². The number of carbonyl (C=O) groups excluding carboxylic acids is 1. The molecule has 0 heterocycles. The third-order valence-corrected chi connectivity index (χ3v) is 13.3. The molecule has 0 fully saturated rings. The van der Waals surface area contributed by atoms with E-state index in [2.05, 4.69) is 62.4 Å². The molecule has 0 saturated heterocycles. The lowest BCUT2D eigenvalue weighted by molar-refractivity contribution is 0.102. The Kier molecular flexibility index (Phi) is 14.7. The Balaban J connectivity index is 0.000000273. The molecule has 0 N–H and O–H groups in total. The molecule has 1 nitrogen and oxygen atoms in total. The van der Waals surface area contributed by atoms with Crippen LogP contribution < -0.4 is 21.9 Å². The van der Waals surface area contributed by atoms with Crippen molar-refractivity contribution >= 4 is 44.7 Å². The molecule has 0 atom stereocenters. The summed E-state index contributed by atoms with van der Waals surface area (Å²) < 4.78 is 294. The Hall–Kier alpha value is -6.78. The van der Waals surface area contributed by atoms with E-state index in [1.54, 1.807) is 0 Å². The van der Waals surface area contributed by atoms with Gasteiger partial charge in [-0.3, -0.25) is 4.79 Å². The van der Waals surface area contributed by atoms with Crippen LogP contribution in [0.1, 0.15) is 21.5 Å². The first kappa shape index (κ1) is 51.6. The van der Waals surface area contributed by atoms with Crippen molar-refractivity contribution < 1.29 is 92.6 Å². The van der Waals surface area contributed by atoms with E-state index >= 15 is 35.1 Å². The molecule has 0 aliphatic rings. The number of ketones is 1. The van der Waals surface area contributed by atoms with Crippen LogP contribution in [0.15, 0.2) is 88.7 Å². The zero-order valence-electron chi connectivity index (χ0n) is 34.2. The summed E-state index contributed by atoms with van der Waals surface area (Å²) in [5.74, 6) is -70.7. The Morgan fingerprint density at radius 1 is 0.333 bits per heavy atom. The number of benzene rings is 7. The predicted molar refractivity (Wildman–Crippen MR) is 211 cm³/mol. The second-order valence-corrected chi connectivity index (χ2v) is 16.6. The van der Waals surface area contributed by atoms with Gasteiger partial charge in [-0.25, -0.2) is 87.8 Å². The zero-order valence-corrected chi connectivity index (χ0v) is 35.0. The van der Waals surface area contributed by atoms with Crippen LogP contribution in [0.3, 0.4) is 0 Å². The SMILES string of the molecule is Cc1ccccc1[S+](CC(=O)c1ccccc1)c1ccccc1C.Fc1c(F)c(F)c([B-](c2c(F)c(F)c(F)c(F)c2F)(c2c(F)c(F)c(F)c(F)c2F)c2c(F)c(F)c(F)c(F)c2F)c(F)c1F. The number of carbonyl (C=O) groups is 1. The number of halogens is 20. The van der Waals surface area contributed by atoms with E-state index in [0.717, 1.165) is 5.56 Å². The third-order valence-electron chi connectivity index (χ3n) is 10.8. The van der Waals surface area contributed by atoms with Gasteiger partial charge in [-0.1, -0.05) is 66.7 Å². The third kappa shape index (κ3) is 8.47. The zero-order chi connectivity index (χ0) is 51.3. The molecule has 0 unspecified atom stereocenters. The van der Waals surface area contributed by atoms with Gasteiger partial charge in [0.05, 0.1) is 10.9 Å². The van der Waals surface area contributed by atoms with Crippen LogP contribution in [0, 0.1) is 130 Å². The van der Waals surface area contributed by atoms with Crippen LogP contribution in [-0.4, -0.2) is 17.7 Å². The summed E-state index contributed by atoms with van der Waals surface area (Å²) in [4.78, 5) is 15.4. The molecule has 23 heteroatoms. The smallest absolute Gasteiger partial charge is 0.212 e. The number of rotatable bonds is 9. The first-order chi connectivity index (χ1) is 32.4. The largest absolute Gasteiger partial charge is 0.289 e. The second-order valence-electron chi connectivity index (χ2n) is 14.7. The Morgan fingerprint density at radius 3 is 0.797 bits per heavy atom. The maximum absolute atomic E-state index is 15.4. The van der Waals surface area contributed by atoms with Gasteiger partial charge in [0, 0.05) is 16.7 Å². The second kappa shape index (κ2) is 19.7. The van der Waals surface area contributed by atoms with Crippen molar-refractivity contribution in [1.82, 2.24) is 0 Å². The summed E-state index contributed by atoms with van der Waals surface area (Å²) in [6.45, 7) is 4.25. The minimum absolute atomic E-state index is 0.199. The molecule has 0 amide bonds. The highest BCUT2D eigenvalue weighted by Crippen LogP contribution is 2.32. The lowest BCUT2D eigenvalue weighted by Crippen LogP contribution is -2.81. The van der Waals surface area contributed by atoms with Crippen LogP contribution in [0.4, 0.5) is 87.8 Å². The molecule has 7 aromatic rings. The van der Waals surface area contributed by atoms with E-state index in [1.807, 2.05) is 30.3 Å². The van der Waals surface area contributed by atoms with Crippen molar-refractivity contribution in [2.45, 2.75) is 23.6 Å². The van der Waals surface area contributed by atoms with Crippen LogP contribution >= 0.6 is 0 Å². The molecule has 0 radical (unpaired) electrons. The van der Waals surface area contributed by atoms with Gasteiger partial charge in [0.25, 0.3) is 0 Å². The molecular formula is C46H21BF20OS. The first-order valence-electron chi connectivity index (χ1n) is 19.0. The van der Waals surface area contributed by atoms with Crippen molar-refractivity contribution in [3.8, 4) is 0 Å². The van der Waals surface area contributed by atoms with Crippen molar-refractivity contribution in [3.63, 3.8) is 0 Å². The number of Topliss-reactive ketones (excluding diaryl/α,β-unsaturated/α-hetero) is 1. The highest BCUT2D eigenvalue weighted by Gasteiger charge is 2.52. The summed E-state index contributed by atoms with van der Waals surface area (Å²) in [6, 6.07) is 26.4. The lowest BCUT2D eigenvalue weighted by atomic mass is 9.12. The highest BCUT2D eigenvalue weighted by molar-refractivity contribution is 7.97. The quantitative estimate of drug-likeness (QED) is 0.0352. The molecule has 0 spiro atoms. The van der Waals surface area contributed by atoms with Gasteiger partial charge in [-0.2, -0.15) is 0 Å². The predicted octanol–water partition coefficient (Wildman–Crippen LogP) is 11.1. The summed E-state index contributed by atoms with van der Waals surface area (Å²) in [6.07, 6.45) is -7.22. The lowest BCUT2D eigenvalue weighted by Gasteiger charge is -2.44. The van der Waals surface area contributed by atoms with E-state index in [-0.39, 0.29) is 16.7 Å². The van der Waals surface area contributed by atoms with Crippen LogP contribution in [0.2, 0.25) is 0 Å². The van der Waals surface area contributed by atoms with Crippen molar-refractivity contribution in [3.05, 3.63) is 212 Å². The molecule has 0 aromatic heterocycles. The number of hydrogen-bond donors (Lipinski definition) is 0. The standard InChI is InChI=1S/C24BF20.C22H21OS/c26-5-1(6(27)14(35)21(42)13(5)34)25(2-7(28)15(36)22(43)16(37)8(2)29,3-9(30)17(38)23(44)18(39)10(3)31)4-11(32)19(40)24(45)20(41)12(4)33;1-17-10-6-8-14-21(17)24(22-15-9-7-11-18(22)2)16-20(23)19-12-4-3-5-13-19/h;3-15H,16H2,1-2H3/q-1;+1. The molecule has 0 aliphatic carbocycles. The van der Waals surface area contributed by atoms with Gasteiger partial charge >= 0.3 is 0 Å². The Labute approximate surface area is 377 Å². The van der Waals surface area contributed by atoms with Crippen molar-refractivity contribution in [2.75, 3.05) is 5.75 Å². The van der Waals surface area contributed by atoms with Gasteiger partial charge < -0.3 is 0 Å². The van der Waals surface area contributed by atoms with Crippen molar-refractivity contribution in [2.24, 2.45) is 0 Å². The molecule has 360 valence electrons. The molecular weight excluding hydrogens is 991 g/mol. The van der Waals surface area contributed by atoms with Gasteiger partial charge in [0.1, 0.15) is 52.7 Å². The topological polar surface area (TPSA) is 17.1 Å². The normalized spacial score (nSPS) is 11.6. The fraction of sp³-hybridized carbons (Fsp3) is 0.0652. The minimum Gasteiger partial charge on any atom is -0.289 e. The van der Waals surface area contributed by atoms with E-state index in [9.17, 15) is 57.5 Å². The molecule has 0 aliphatic heterocycles. The molecule has 69 heavy (non-hydrogen) atoms. The van der Waals surface area contributed by atoms with E-state index in [4.69, 9.17) is 0 Å². The van der Waals surface area contributed by atoms with Gasteiger partial charge in [0.2, 0.25) is 5.78 Å². The maximum atomic E-state index is 15.4. The van der Waals surface area contributed by atoms with Crippen LogP contribution in [0.5, 0.6) is 0 Å². The summed E-state index contributed by atoms with van der Waals surface area (Å²) in [5.41, 5.74) is -11.1. The highest BCUT2D eigenvalue weighted by atomic mass is 32.2. The van der Waals surface area contributed by atoms with E-state index in [1.165, 1.54) is 20.9 Å². The summed E-state index contributed by atoms with van der Waals surface area (Å²) >= 11 is 0. The Bertz CT molecular complexity index is 2780. The van der Waals surface area contributed by atoms with Gasteiger partial charge in [-0.05, 0) is 26.0 Å². The maximum Gasteiger partial charge on any atom is 0.212 e. The number of aryl methyl sites for hydroxylation is 2. The average molecular weight is 1010 g/mol. The summed E-state index contributed by atoms with van der Waals surface area (Å²) in [5, 5.41) is 0. The van der Waals surface area contributed by atoms with Crippen LogP contribution in [-0.2, 0) is 10.9 Å². The first-order valence-corrected chi connectivity index (χ1v) is 20.4. The monoisotopic (exact) mass is 1010 g/mol. The van der Waals surface area contributed by atoms with Gasteiger partial charge in [-0.15, -0.1) is 21.9 Å². The molecule has 7 aromatic carbocycles. The van der Waals surface area contributed by atoms with Crippen molar-refractivity contribution in [1.29, 1.82) is 0 Å². The Morgan fingerprint density at radius 2 is 0.551 bits per heavy atom. The average Bonchev–Trinajstić information content (AvgIpc) is 3.34. The molecule has 0 bridgehead atoms. The number of hydrogen-bond acceptors (Lipinski definition) is 1.